The normalized spacial score (nSPS) is 10.6. The maximum absolute atomic E-state index is 5.69. The molecule has 0 aliphatic carbocycles. The van der Waals surface area contributed by atoms with Gasteiger partial charge in [-0.1, -0.05) is 13.0 Å². The lowest BCUT2D eigenvalue weighted by Gasteiger charge is -2.05. The molecule has 2 rings (SSSR count). The van der Waals surface area contributed by atoms with Crippen LogP contribution in [0.5, 0.6) is 5.75 Å². The van der Waals surface area contributed by atoms with E-state index in [1.165, 1.54) is 0 Å². The molecular formula is C13H18N4O. The van der Waals surface area contributed by atoms with Gasteiger partial charge >= 0.3 is 0 Å². The van der Waals surface area contributed by atoms with Crippen molar-refractivity contribution in [3.05, 3.63) is 35.9 Å². The van der Waals surface area contributed by atoms with Crippen LogP contribution in [0.2, 0.25) is 0 Å². The monoisotopic (exact) mass is 246 g/mol. The van der Waals surface area contributed by atoms with Crippen molar-refractivity contribution in [3.8, 4) is 5.75 Å². The molecule has 1 aromatic heterocycles. The molecule has 96 valence electrons. The van der Waals surface area contributed by atoms with E-state index in [0.717, 1.165) is 30.2 Å². The Hall–Kier alpha value is -2.04. The van der Waals surface area contributed by atoms with Crippen LogP contribution in [0.4, 0.5) is 5.69 Å². The Bertz CT molecular complexity index is 521. The minimum Gasteiger partial charge on any atom is -0.486 e. The van der Waals surface area contributed by atoms with Crippen molar-refractivity contribution >= 4 is 5.69 Å². The second-order valence-corrected chi connectivity index (χ2v) is 4.18. The summed E-state index contributed by atoms with van der Waals surface area (Å²) in [5, 5.41) is 4.33. The van der Waals surface area contributed by atoms with Gasteiger partial charge in [-0.05, 0) is 18.6 Å². The van der Waals surface area contributed by atoms with E-state index in [1.807, 2.05) is 25.2 Å². The summed E-state index contributed by atoms with van der Waals surface area (Å²) in [4.78, 5) is 4.43. The number of benzene rings is 1. The molecule has 0 aliphatic rings. The second kappa shape index (κ2) is 5.53. The summed E-state index contributed by atoms with van der Waals surface area (Å²) in [7, 11) is 1.88. The van der Waals surface area contributed by atoms with Crippen LogP contribution in [-0.2, 0) is 20.1 Å². The van der Waals surface area contributed by atoms with Crippen LogP contribution in [0.25, 0.3) is 0 Å². The van der Waals surface area contributed by atoms with Crippen molar-refractivity contribution < 1.29 is 4.74 Å². The first-order chi connectivity index (χ1) is 8.69. The Morgan fingerprint density at radius 2 is 2.22 bits per heavy atom. The predicted octanol–water partition coefficient (Wildman–Crippen LogP) is 1.93. The maximum Gasteiger partial charge on any atom is 0.164 e. The molecule has 0 saturated carbocycles. The molecular weight excluding hydrogens is 228 g/mol. The zero-order valence-corrected chi connectivity index (χ0v) is 10.8. The van der Waals surface area contributed by atoms with Crippen molar-refractivity contribution in [3.63, 3.8) is 0 Å². The lowest BCUT2D eigenvalue weighted by molar-refractivity contribution is 0.290. The first-order valence-corrected chi connectivity index (χ1v) is 6.06. The van der Waals surface area contributed by atoms with Gasteiger partial charge in [0.1, 0.15) is 12.4 Å². The molecule has 5 heteroatoms. The zero-order valence-electron chi connectivity index (χ0n) is 10.8. The van der Waals surface area contributed by atoms with E-state index < -0.39 is 0 Å². The van der Waals surface area contributed by atoms with Crippen molar-refractivity contribution in [2.45, 2.75) is 26.4 Å². The zero-order chi connectivity index (χ0) is 13.0. The van der Waals surface area contributed by atoms with Crippen LogP contribution in [0.3, 0.4) is 0 Å². The molecule has 18 heavy (non-hydrogen) atoms. The number of aryl methyl sites for hydroxylation is 2. The summed E-state index contributed by atoms with van der Waals surface area (Å²) in [6, 6.07) is 7.36. The Morgan fingerprint density at radius 1 is 1.39 bits per heavy atom. The number of rotatable bonds is 5. The fourth-order valence-corrected chi connectivity index (χ4v) is 1.68. The molecule has 0 spiro atoms. The van der Waals surface area contributed by atoms with Gasteiger partial charge in [0.25, 0.3) is 0 Å². The highest BCUT2D eigenvalue weighted by molar-refractivity contribution is 5.43. The molecule has 0 unspecified atom stereocenters. The van der Waals surface area contributed by atoms with Crippen LogP contribution in [0.1, 0.15) is 25.0 Å². The number of ether oxygens (including phenoxy) is 1. The third kappa shape index (κ3) is 3.00. The highest BCUT2D eigenvalue weighted by atomic mass is 16.5. The van der Waals surface area contributed by atoms with Gasteiger partial charge in [0.2, 0.25) is 0 Å². The number of nitrogen functional groups attached to an aromatic ring is 1. The molecule has 0 aliphatic heterocycles. The van der Waals surface area contributed by atoms with Crippen LogP contribution in [-0.4, -0.2) is 14.8 Å². The first kappa shape index (κ1) is 12.4. The van der Waals surface area contributed by atoms with E-state index in [0.29, 0.717) is 12.3 Å². The van der Waals surface area contributed by atoms with E-state index in [9.17, 15) is 0 Å². The van der Waals surface area contributed by atoms with Crippen molar-refractivity contribution in [1.82, 2.24) is 14.8 Å². The molecule has 0 amide bonds. The Balaban J connectivity index is 2.01. The summed E-state index contributed by atoms with van der Waals surface area (Å²) in [5.74, 6) is 2.43. The lowest BCUT2D eigenvalue weighted by atomic mass is 10.3. The summed E-state index contributed by atoms with van der Waals surface area (Å²) in [6.45, 7) is 2.51. The van der Waals surface area contributed by atoms with Gasteiger partial charge in [-0.15, -0.1) is 0 Å². The average Bonchev–Trinajstić information content (AvgIpc) is 2.68. The standard InChI is InChI=1S/C13H18N4O/c1-3-5-12-15-13(17(2)16-12)9-18-11-7-4-6-10(14)8-11/h4,6-8H,3,5,9,14H2,1-2H3. The van der Waals surface area contributed by atoms with Gasteiger partial charge in [0.05, 0.1) is 0 Å². The lowest BCUT2D eigenvalue weighted by Crippen LogP contribution is -2.04. The summed E-state index contributed by atoms with van der Waals surface area (Å²) >= 11 is 0. The molecule has 1 heterocycles. The summed E-state index contributed by atoms with van der Waals surface area (Å²) in [5.41, 5.74) is 6.38. The molecule has 2 aromatic rings. The number of nitrogens with zero attached hydrogens (tertiary/aromatic N) is 3. The van der Waals surface area contributed by atoms with Gasteiger partial charge in [-0.2, -0.15) is 5.10 Å². The number of hydrogen-bond acceptors (Lipinski definition) is 4. The number of nitrogens with two attached hydrogens (primary N) is 1. The second-order valence-electron chi connectivity index (χ2n) is 4.18. The fraction of sp³-hybridized carbons (Fsp3) is 0.385. The highest BCUT2D eigenvalue weighted by Gasteiger charge is 2.07. The Labute approximate surface area is 107 Å². The Kier molecular flexibility index (Phi) is 3.82. The maximum atomic E-state index is 5.69. The van der Waals surface area contributed by atoms with Crippen molar-refractivity contribution in [1.29, 1.82) is 0 Å². The van der Waals surface area contributed by atoms with Crippen LogP contribution in [0, 0.1) is 0 Å². The van der Waals surface area contributed by atoms with E-state index >= 15 is 0 Å². The van der Waals surface area contributed by atoms with Gasteiger partial charge < -0.3 is 10.5 Å². The molecule has 5 nitrogen and oxygen atoms in total. The molecule has 0 radical (unpaired) electrons. The van der Waals surface area contributed by atoms with E-state index in [4.69, 9.17) is 10.5 Å². The van der Waals surface area contributed by atoms with Gasteiger partial charge in [-0.3, -0.25) is 0 Å². The largest absolute Gasteiger partial charge is 0.486 e. The van der Waals surface area contributed by atoms with Gasteiger partial charge in [-0.25, -0.2) is 9.67 Å². The fourth-order valence-electron chi connectivity index (χ4n) is 1.68. The van der Waals surface area contributed by atoms with E-state index in [2.05, 4.69) is 17.0 Å². The quantitative estimate of drug-likeness (QED) is 0.819. The predicted molar refractivity (Wildman–Crippen MR) is 70.2 cm³/mol. The smallest absolute Gasteiger partial charge is 0.164 e. The summed E-state index contributed by atoms with van der Waals surface area (Å²) in [6.07, 6.45) is 1.94. The van der Waals surface area contributed by atoms with E-state index in [-0.39, 0.29) is 0 Å². The molecule has 0 saturated heterocycles. The summed E-state index contributed by atoms with van der Waals surface area (Å²) < 4.78 is 7.40. The third-order valence-corrected chi connectivity index (χ3v) is 2.60. The molecule has 2 N–H and O–H groups in total. The number of anilines is 1. The highest BCUT2D eigenvalue weighted by Crippen LogP contribution is 2.15. The van der Waals surface area contributed by atoms with Gasteiger partial charge in [0, 0.05) is 25.2 Å². The average molecular weight is 246 g/mol. The Morgan fingerprint density at radius 3 is 2.94 bits per heavy atom. The van der Waals surface area contributed by atoms with E-state index in [1.54, 1.807) is 10.7 Å². The molecule has 1 aromatic carbocycles. The van der Waals surface area contributed by atoms with Crippen molar-refractivity contribution in [2.75, 3.05) is 5.73 Å². The minimum atomic E-state index is 0.399. The molecule has 0 atom stereocenters. The first-order valence-electron chi connectivity index (χ1n) is 6.06. The van der Waals surface area contributed by atoms with Crippen LogP contribution >= 0.6 is 0 Å². The molecule has 0 fully saturated rings. The van der Waals surface area contributed by atoms with Gasteiger partial charge in [0.15, 0.2) is 11.6 Å². The minimum absolute atomic E-state index is 0.399. The van der Waals surface area contributed by atoms with Crippen LogP contribution < -0.4 is 10.5 Å². The van der Waals surface area contributed by atoms with Crippen LogP contribution in [0.15, 0.2) is 24.3 Å². The molecule has 0 bridgehead atoms. The number of hydrogen-bond donors (Lipinski definition) is 1. The van der Waals surface area contributed by atoms with Crippen molar-refractivity contribution in [2.24, 2.45) is 7.05 Å². The number of aromatic nitrogens is 3. The topological polar surface area (TPSA) is 66.0 Å². The SMILES string of the molecule is CCCc1nc(COc2cccc(N)c2)n(C)n1. The third-order valence-electron chi connectivity index (χ3n) is 2.60.